The molecule has 0 aliphatic carbocycles. The fourth-order valence-corrected chi connectivity index (χ4v) is 9.08. The summed E-state index contributed by atoms with van der Waals surface area (Å²) in [6.45, 7) is -3.04. The van der Waals surface area contributed by atoms with Crippen molar-refractivity contribution >= 4 is 29.5 Å². The standard InChI is InChI=1S/C29H25F4N4O3P/c1-36-22-14-21(25-18(27(36)38)3-2-4-23(25)40-28(30)31)37-20-13-16(5-7-19(20)35-26(22)37)17-6-8-24(34-15-17)41(39)11-9-29(32,33)10-12-41/h2-8,13,15,21-22,28H,9-12,14H2,1H3/t21-,22-/m1/s1. The number of pyridine rings is 1. The van der Waals surface area contributed by atoms with Crippen LogP contribution in [-0.4, -0.2) is 57.2 Å². The Hall–Kier alpha value is -3.72. The molecular weight excluding hydrogens is 559 g/mol. The molecule has 1 saturated heterocycles. The average Bonchev–Trinajstić information content (AvgIpc) is 3.47. The average molecular weight is 585 g/mol. The molecule has 7 rings (SSSR count). The van der Waals surface area contributed by atoms with Crippen LogP contribution in [0.15, 0.2) is 54.7 Å². The predicted molar refractivity (Wildman–Crippen MR) is 145 cm³/mol. The van der Waals surface area contributed by atoms with E-state index in [9.17, 15) is 26.9 Å². The fraction of sp³-hybridized carbons (Fsp3) is 0.345. The number of alkyl halides is 4. The lowest BCUT2D eigenvalue weighted by Gasteiger charge is -2.28. The lowest BCUT2D eigenvalue weighted by molar-refractivity contribution is -0.0507. The third-order valence-electron chi connectivity index (χ3n) is 8.58. The lowest BCUT2D eigenvalue weighted by atomic mass is 9.97. The van der Waals surface area contributed by atoms with E-state index < -0.39 is 38.6 Å². The molecule has 1 fully saturated rings. The second-order valence-electron chi connectivity index (χ2n) is 10.9. The van der Waals surface area contributed by atoms with E-state index in [-0.39, 0.29) is 30.0 Å². The second-order valence-corrected chi connectivity index (χ2v) is 14.1. The molecule has 2 aromatic carbocycles. The van der Waals surface area contributed by atoms with E-state index in [2.05, 4.69) is 4.98 Å². The molecule has 3 aliphatic heterocycles. The van der Waals surface area contributed by atoms with Crippen molar-refractivity contribution in [1.29, 1.82) is 0 Å². The van der Waals surface area contributed by atoms with Crippen molar-refractivity contribution in [3.63, 3.8) is 0 Å². The normalized spacial score (nSPS) is 22.5. The highest BCUT2D eigenvalue weighted by Gasteiger charge is 2.45. The molecule has 5 heterocycles. The molecule has 2 aromatic heterocycles. The summed E-state index contributed by atoms with van der Waals surface area (Å²) in [7, 11) is -1.29. The number of nitrogens with zero attached hydrogens (tertiary/aromatic N) is 4. The van der Waals surface area contributed by atoms with Crippen molar-refractivity contribution in [3.8, 4) is 16.9 Å². The minimum atomic E-state index is -3.04. The van der Waals surface area contributed by atoms with Gasteiger partial charge in [0.25, 0.3) is 5.91 Å². The Kier molecular flexibility index (Phi) is 5.84. The van der Waals surface area contributed by atoms with Crippen molar-refractivity contribution in [2.24, 2.45) is 0 Å². The quantitative estimate of drug-likeness (QED) is 0.210. The van der Waals surface area contributed by atoms with Crippen LogP contribution in [-0.2, 0) is 4.57 Å². The molecule has 0 radical (unpaired) electrons. The Morgan fingerprint density at radius 3 is 2.51 bits per heavy atom. The van der Waals surface area contributed by atoms with Crippen LogP contribution in [0.5, 0.6) is 5.75 Å². The highest BCUT2D eigenvalue weighted by atomic mass is 31.2. The summed E-state index contributed by atoms with van der Waals surface area (Å²) in [6.07, 6.45) is 1.16. The van der Waals surface area contributed by atoms with Gasteiger partial charge in [0.2, 0.25) is 5.92 Å². The molecule has 2 atom stereocenters. The van der Waals surface area contributed by atoms with Gasteiger partial charge in [0.15, 0.2) is 0 Å². The minimum Gasteiger partial charge on any atom is -0.434 e. The van der Waals surface area contributed by atoms with Gasteiger partial charge in [0.1, 0.15) is 18.7 Å². The summed E-state index contributed by atoms with van der Waals surface area (Å²) in [5.74, 6) is -2.43. The molecule has 2 bridgehead atoms. The third-order valence-corrected chi connectivity index (χ3v) is 11.6. The molecule has 4 aromatic rings. The molecule has 41 heavy (non-hydrogen) atoms. The molecule has 3 aliphatic rings. The van der Waals surface area contributed by atoms with E-state index in [1.807, 2.05) is 22.8 Å². The topological polar surface area (TPSA) is 77.3 Å². The maximum Gasteiger partial charge on any atom is 0.387 e. The maximum atomic E-state index is 13.6. The lowest BCUT2D eigenvalue weighted by Crippen LogP contribution is -2.30. The van der Waals surface area contributed by atoms with Crippen LogP contribution in [0.25, 0.3) is 22.2 Å². The van der Waals surface area contributed by atoms with Gasteiger partial charge in [-0.2, -0.15) is 8.78 Å². The number of halogens is 4. The minimum absolute atomic E-state index is 0.0362. The van der Waals surface area contributed by atoms with Gasteiger partial charge in [0.05, 0.1) is 28.6 Å². The van der Waals surface area contributed by atoms with Crippen molar-refractivity contribution < 1.29 is 31.7 Å². The summed E-state index contributed by atoms with van der Waals surface area (Å²) in [5.41, 5.74) is 4.08. The first-order valence-corrected chi connectivity index (χ1v) is 15.4. The predicted octanol–water partition coefficient (Wildman–Crippen LogP) is 6.24. The Labute approximate surface area is 232 Å². The van der Waals surface area contributed by atoms with Gasteiger partial charge in [-0.3, -0.25) is 9.78 Å². The number of benzene rings is 2. The number of fused-ring (bicyclic) bond motifs is 9. The molecule has 12 heteroatoms. The molecule has 0 saturated carbocycles. The van der Waals surface area contributed by atoms with Gasteiger partial charge in [0, 0.05) is 61.5 Å². The highest BCUT2D eigenvalue weighted by molar-refractivity contribution is 7.71. The smallest absolute Gasteiger partial charge is 0.387 e. The Morgan fingerprint density at radius 2 is 1.80 bits per heavy atom. The zero-order chi connectivity index (χ0) is 28.7. The van der Waals surface area contributed by atoms with E-state index in [0.717, 1.165) is 16.6 Å². The van der Waals surface area contributed by atoms with Crippen LogP contribution in [0.4, 0.5) is 17.6 Å². The van der Waals surface area contributed by atoms with E-state index in [0.29, 0.717) is 34.3 Å². The first-order valence-electron chi connectivity index (χ1n) is 13.3. The zero-order valence-corrected chi connectivity index (χ0v) is 22.8. The first-order chi connectivity index (χ1) is 19.5. The van der Waals surface area contributed by atoms with E-state index in [1.54, 1.807) is 36.3 Å². The fourth-order valence-electron chi connectivity index (χ4n) is 6.41. The van der Waals surface area contributed by atoms with Crippen LogP contribution >= 0.6 is 7.14 Å². The number of hydrogen-bond donors (Lipinski definition) is 0. The van der Waals surface area contributed by atoms with Crippen LogP contribution in [0.1, 0.15) is 53.1 Å². The number of carbonyl (C=O) groups excluding carboxylic acids is 1. The van der Waals surface area contributed by atoms with Gasteiger partial charge < -0.3 is 18.8 Å². The van der Waals surface area contributed by atoms with Gasteiger partial charge in [-0.25, -0.2) is 13.8 Å². The third kappa shape index (κ3) is 4.16. The SMILES string of the molecule is CN1C(=O)c2cccc(OC(F)F)c2[C@H]2C[C@@H]1c1nc3ccc(-c4ccc(P5(=O)CCC(F)(F)CC5)nc4)cc3n12. The van der Waals surface area contributed by atoms with Gasteiger partial charge in [-0.05, 0) is 35.9 Å². The molecular formula is C29H25F4N4O3P. The van der Waals surface area contributed by atoms with Gasteiger partial charge in [-0.1, -0.05) is 18.2 Å². The number of ether oxygens (including phenoxy) is 1. The molecule has 0 N–H and O–H groups in total. The van der Waals surface area contributed by atoms with Crippen molar-refractivity contribution in [2.75, 3.05) is 19.4 Å². The van der Waals surface area contributed by atoms with Crippen molar-refractivity contribution in [2.45, 2.75) is 43.9 Å². The van der Waals surface area contributed by atoms with Crippen molar-refractivity contribution in [3.05, 3.63) is 71.7 Å². The maximum absolute atomic E-state index is 13.6. The van der Waals surface area contributed by atoms with Crippen LogP contribution in [0.2, 0.25) is 0 Å². The Bertz CT molecular complexity index is 1740. The highest BCUT2D eigenvalue weighted by Crippen LogP contribution is 2.53. The van der Waals surface area contributed by atoms with Gasteiger partial charge >= 0.3 is 6.61 Å². The van der Waals surface area contributed by atoms with Crippen LogP contribution in [0, 0.1) is 0 Å². The van der Waals surface area contributed by atoms with Crippen LogP contribution in [0.3, 0.4) is 0 Å². The molecule has 212 valence electrons. The summed E-state index contributed by atoms with van der Waals surface area (Å²) >= 11 is 0. The number of amides is 1. The summed E-state index contributed by atoms with van der Waals surface area (Å²) in [4.78, 5) is 24.2. The summed E-state index contributed by atoms with van der Waals surface area (Å²) in [6, 6.07) is 12.9. The monoisotopic (exact) mass is 584 g/mol. The summed E-state index contributed by atoms with van der Waals surface area (Å²) < 4.78 is 74.2. The second kappa shape index (κ2) is 9.14. The number of hydrogen-bond acceptors (Lipinski definition) is 5. The molecule has 7 nitrogen and oxygen atoms in total. The van der Waals surface area contributed by atoms with Gasteiger partial charge in [-0.15, -0.1) is 0 Å². The van der Waals surface area contributed by atoms with E-state index >= 15 is 0 Å². The van der Waals surface area contributed by atoms with Crippen LogP contribution < -0.4 is 10.2 Å². The Morgan fingerprint density at radius 1 is 1.05 bits per heavy atom. The van der Waals surface area contributed by atoms with Crippen molar-refractivity contribution in [1.82, 2.24) is 19.4 Å². The van der Waals surface area contributed by atoms with E-state index in [4.69, 9.17) is 9.72 Å². The number of aromatic nitrogens is 3. The first kappa shape index (κ1) is 26.2. The molecule has 0 spiro atoms. The zero-order valence-electron chi connectivity index (χ0n) is 21.9. The molecule has 0 unspecified atom stereocenters. The Balaban J connectivity index is 1.30. The number of carbonyl (C=O) groups is 1. The number of rotatable bonds is 4. The largest absolute Gasteiger partial charge is 0.434 e. The molecule has 1 amide bonds. The van der Waals surface area contributed by atoms with E-state index in [1.165, 1.54) is 12.1 Å². The summed E-state index contributed by atoms with van der Waals surface area (Å²) in [5, 5.41) is 0. The number of imidazole rings is 1.